The molecule has 4 rings (SSSR count). The number of primary amides is 1. The van der Waals surface area contributed by atoms with Crippen molar-refractivity contribution in [2.45, 2.75) is 12.8 Å². The van der Waals surface area contributed by atoms with Crippen LogP contribution in [-0.2, 0) is 4.79 Å². The maximum Gasteiger partial charge on any atom is 0.220 e. The lowest BCUT2D eigenvalue weighted by Crippen LogP contribution is -2.39. The molecule has 3 aromatic rings. The molecule has 1 amide bonds. The number of nitrogens with zero attached hydrogens (tertiary/aromatic N) is 5. The first kappa shape index (κ1) is 14.1. The Morgan fingerprint density at radius 1 is 1.22 bits per heavy atom. The highest BCUT2D eigenvalue weighted by molar-refractivity contribution is 7.08. The standard InChI is InChI=1S/C15H16N6OS/c16-14(22)10-3-6-20(7-4-10)13-2-1-12-17-18-15(21(12)19-13)11-5-8-23-9-11/h1-2,5,8-10H,3-4,6-7H2,(H2,16,22). The first-order chi connectivity index (χ1) is 11.2. The monoisotopic (exact) mass is 328 g/mol. The van der Waals surface area contributed by atoms with Gasteiger partial charge in [-0.25, -0.2) is 0 Å². The minimum Gasteiger partial charge on any atom is -0.369 e. The van der Waals surface area contributed by atoms with Gasteiger partial charge in [0.25, 0.3) is 0 Å². The van der Waals surface area contributed by atoms with Crippen molar-refractivity contribution < 1.29 is 4.79 Å². The molecule has 3 aromatic heterocycles. The lowest BCUT2D eigenvalue weighted by molar-refractivity contribution is -0.122. The third-order valence-corrected chi connectivity index (χ3v) is 4.93. The number of amides is 1. The maximum absolute atomic E-state index is 11.3. The van der Waals surface area contributed by atoms with E-state index in [1.54, 1.807) is 15.9 Å². The summed E-state index contributed by atoms with van der Waals surface area (Å²) in [5.74, 6) is 1.39. The second-order valence-electron chi connectivity index (χ2n) is 5.66. The van der Waals surface area contributed by atoms with Crippen LogP contribution in [-0.4, -0.2) is 38.8 Å². The fourth-order valence-electron chi connectivity index (χ4n) is 2.91. The summed E-state index contributed by atoms with van der Waals surface area (Å²) in [4.78, 5) is 13.5. The average molecular weight is 328 g/mol. The molecule has 118 valence electrons. The molecule has 4 heterocycles. The maximum atomic E-state index is 11.3. The fourth-order valence-corrected chi connectivity index (χ4v) is 3.55. The van der Waals surface area contributed by atoms with E-state index in [-0.39, 0.29) is 11.8 Å². The number of carbonyl (C=O) groups is 1. The summed E-state index contributed by atoms with van der Waals surface area (Å²) < 4.78 is 1.78. The number of piperidine rings is 1. The molecular formula is C15H16N6OS. The summed E-state index contributed by atoms with van der Waals surface area (Å²) in [6.45, 7) is 1.56. The molecule has 0 spiro atoms. The fraction of sp³-hybridized carbons (Fsp3) is 0.333. The molecule has 0 atom stereocenters. The lowest BCUT2D eigenvalue weighted by atomic mass is 9.96. The summed E-state index contributed by atoms with van der Waals surface area (Å²) in [5.41, 5.74) is 7.13. The predicted molar refractivity (Wildman–Crippen MR) is 88.2 cm³/mol. The van der Waals surface area contributed by atoms with Gasteiger partial charge in [0, 0.05) is 30.0 Å². The molecule has 0 radical (unpaired) electrons. The second-order valence-corrected chi connectivity index (χ2v) is 6.44. The normalized spacial score (nSPS) is 16.1. The first-order valence-electron chi connectivity index (χ1n) is 7.51. The van der Waals surface area contributed by atoms with E-state index in [0.29, 0.717) is 0 Å². The molecule has 2 N–H and O–H groups in total. The second kappa shape index (κ2) is 5.62. The van der Waals surface area contributed by atoms with Gasteiger partial charge >= 0.3 is 0 Å². The molecule has 1 aliphatic rings. The summed E-state index contributed by atoms with van der Waals surface area (Å²) in [7, 11) is 0. The predicted octanol–water partition coefficient (Wildman–Crippen LogP) is 1.55. The quantitative estimate of drug-likeness (QED) is 0.788. The van der Waals surface area contributed by atoms with Crippen molar-refractivity contribution in [2.75, 3.05) is 18.0 Å². The van der Waals surface area contributed by atoms with Gasteiger partial charge in [0.15, 0.2) is 11.5 Å². The van der Waals surface area contributed by atoms with E-state index in [1.165, 1.54) is 0 Å². The first-order valence-corrected chi connectivity index (χ1v) is 8.46. The van der Waals surface area contributed by atoms with Crippen molar-refractivity contribution in [1.29, 1.82) is 0 Å². The van der Waals surface area contributed by atoms with Crippen LogP contribution in [0.4, 0.5) is 5.82 Å². The van der Waals surface area contributed by atoms with Gasteiger partial charge in [-0.2, -0.15) is 15.9 Å². The third-order valence-electron chi connectivity index (χ3n) is 4.25. The van der Waals surface area contributed by atoms with Gasteiger partial charge in [-0.05, 0) is 36.4 Å². The Labute approximate surface area is 136 Å². The number of hydrogen-bond donors (Lipinski definition) is 1. The van der Waals surface area contributed by atoms with Crippen LogP contribution in [0.15, 0.2) is 29.0 Å². The molecule has 0 aromatic carbocycles. The van der Waals surface area contributed by atoms with E-state index in [4.69, 9.17) is 10.8 Å². The Morgan fingerprint density at radius 2 is 2.04 bits per heavy atom. The molecule has 1 fully saturated rings. The molecule has 8 heteroatoms. The number of thiophene rings is 1. The third kappa shape index (κ3) is 2.55. The number of carbonyl (C=O) groups excluding carboxylic acids is 1. The van der Waals surface area contributed by atoms with Crippen LogP contribution in [0.2, 0.25) is 0 Å². The van der Waals surface area contributed by atoms with E-state index in [9.17, 15) is 4.79 Å². The van der Waals surface area contributed by atoms with Crippen molar-refractivity contribution in [3.05, 3.63) is 29.0 Å². The zero-order chi connectivity index (χ0) is 15.8. The molecule has 0 unspecified atom stereocenters. The van der Waals surface area contributed by atoms with Crippen molar-refractivity contribution in [3.63, 3.8) is 0 Å². The number of aromatic nitrogens is 4. The Morgan fingerprint density at radius 3 is 2.74 bits per heavy atom. The SMILES string of the molecule is NC(=O)C1CCN(c2ccc3nnc(-c4ccsc4)n3n2)CC1. The molecule has 0 aliphatic carbocycles. The Bertz CT molecular complexity index is 835. The van der Waals surface area contributed by atoms with E-state index in [1.807, 2.05) is 29.0 Å². The zero-order valence-electron chi connectivity index (χ0n) is 12.4. The van der Waals surface area contributed by atoms with Crippen molar-refractivity contribution in [2.24, 2.45) is 11.7 Å². The van der Waals surface area contributed by atoms with Crippen molar-refractivity contribution in [3.8, 4) is 11.4 Å². The van der Waals surface area contributed by atoms with Crippen LogP contribution in [0.5, 0.6) is 0 Å². The highest BCUT2D eigenvalue weighted by atomic mass is 32.1. The molecular weight excluding hydrogens is 312 g/mol. The van der Waals surface area contributed by atoms with Gasteiger partial charge in [0.05, 0.1) is 0 Å². The molecule has 1 aliphatic heterocycles. The molecule has 0 saturated carbocycles. The largest absolute Gasteiger partial charge is 0.369 e. The van der Waals surface area contributed by atoms with E-state index >= 15 is 0 Å². The van der Waals surface area contributed by atoms with Crippen LogP contribution >= 0.6 is 11.3 Å². The van der Waals surface area contributed by atoms with E-state index in [2.05, 4.69) is 15.1 Å². The number of hydrogen-bond acceptors (Lipinski definition) is 6. The summed E-state index contributed by atoms with van der Waals surface area (Å²) in [5, 5.41) is 17.1. The number of fused-ring (bicyclic) bond motifs is 1. The van der Waals surface area contributed by atoms with Crippen molar-refractivity contribution in [1.82, 2.24) is 19.8 Å². The summed E-state index contributed by atoms with van der Waals surface area (Å²) >= 11 is 1.62. The minimum absolute atomic E-state index is 0.0220. The smallest absolute Gasteiger partial charge is 0.220 e. The Kier molecular flexibility index (Phi) is 3.45. The summed E-state index contributed by atoms with van der Waals surface area (Å²) in [6, 6.07) is 5.88. The van der Waals surface area contributed by atoms with Crippen LogP contribution in [0, 0.1) is 5.92 Å². The van der Waals surface area contributed by atoms with Crippen molar-refractivity contribution >= 4 is 28.7 Å². The number of anilines is 1. The van der Waals surface area contributed by atoms with Gasteiger partial charge in [0.1, 0.15) is 5.82 Å². The molecule has 23 heavy (non-hydrogen) atoms. The van der Waals surface area contributed by atoms with Crippen LogP contribution < -0.4 is 10.6 Å². The van der Waals surface area contributed by atoms with Gasteiger partial charge in [-0.15, -0.1) is 15.3 Å². The Hall–Kier alpha value is -2.48. The van der Waals surface area contributed by atoms with E-state index < -0.39 is 0 Å². The van der Waals surface area contributed by atoms with Gasteiger partial charge < -0.3 is 10.6 Å². The summed E-state index contributed by atoms with van der Waals surface area (Å²) in [6.07, 6.45) is 1.54. The van der Waals surface area contributed by atoms with Gasteiger partial charge in [0.2, 0.25) is 5.91 Å². The van der Waals surface area contributed by atoms with Crippen LogP contribution in [0.1, 0.15) is 12.8 Å². The zero-order valence-corrected chi connectivity index (χ0v) is 13.2. The number of rotatable bonds is 3. The van der Waals surface area contributed by atoms with Gasteiger partial charge in [-0.1, -0.05) is 0 Å². The minimum atomic E-state index is -0.202. The van der Waals surface area contributed by atoms with Crippen LogP contribution in [0.3, 0.4) is 0 Å². The Balaban J connectivity index is 1.64. The highest BCUT2D eigenvalue weighted by Gasteiger charge is 2.24. The highest BCUT2D eigenvalue weighted by Crippen LogP contribution is 2.24. The van der Waals surface area contributed by atoms with E-state index in [0.717, 1.165) is 48.8 Å². The topological polar surface area (TPSA) is 89.4 Å². The molecule has 7 nitrogen and oxygen atoms in total. The lowest BCUT2D eigenvalue weighted by Gasteiger charge is -2.31. The average Bonchev–Trinajstić information content (AvgIpc) is 3.23. The molecule has 1 saturated heterocycles. The molecule has 0 bridgehead atoms. The van der Waals surface area contributed by atoms with Crippen LogP contribution in [0.25, 0.3) is 17.0 Å². The van der Waals surface area contributed by atoms with Gasteiger partial charge in [-0.3, -0.25) is 4.79 Å². The number of nitrogens with two attached hydrogens (primary N) is 1.